The van der Waals surface area contributed by atoms with Crippen molar-refractivity contribution in [3.05, 3.63) is 75.5 Å². The van der Waals surface area contributed by atoms with E-state index in [1.54, 1.807) is 17.7 Å². The minimum atomic E-state index is -0.639. The molecule has 0 saturated carbocycles. The number of nitro groups is 1. The predicted molar refractivity (Wildman–Crippen MR) is 125 cm³/mol. The number of hydrogen-bond donors (Lipinski definition) is 1. The number of nitrogens with zero attached hydrogens (tertiary/aromatic N) is 3. The van der Waals surface area contributed by atoms with Gasteiger partial charge < -0.3 is 14.8 Å². The van der Waals surface area contributed by atoms with Crippen LogP contribution in [0.25, 0.3) is 0 Å². The summed E-state index contributed by atoms with van der Waals surface area (Å²) in [4.78, 5) is 24.3. The minimum absolute atomic E-state index is 0.131. The summed E-state index contributed by atoms with van der Waals surface area (Å²) in [6, 6.07) is 14.0. The fraction of sp³-hybridized carbons (Fsp3) is 0.333. The first-order valence-corrected chi connectivity index (χ1v) is 10.6. The topological polar surface area (TPSA) is 109 Å². The lowest BCUT2D eigenvalue weighted by atomic mass is 9.92. The summed E-state index contributed by atoms with van der Waals surface area (Å²) in [5.74, 6) is 0.241. The van der Waals surface area contributed by atoms with E-state index in [2.05, 4.69) is 10.4 Å². The van der Waals surface area contributed by atoms with E-state index in [0.29, 0.717) is 19.0 Å². The van der Waals surface area contributed by atoms with Crippen molar-refractivity contribution < 1.29 is 19.2 Å². The van der Waals surface area contributed by atoms with Crippen LogP contribution in [0.2, 0.25) is 0 Å². The Morgan fingerprint density at radius 1 is 1.15 bits per heavy atom. The van der Waals surface area contributed by atoms with Crippen LogP contribution in [0.1, 0.15) is 49.3 Å². The molecule has 0 aliphatic rings. The second kappa shape index (κ2) is 9.72. The van der Waals surface area contributed by atoms with Gasteiger partial charge in [0.15, 0.2) is 11.5 Å². The predicted octanol–water partition coefficient (Wildman–Crippen LogP) is 4.80. The van der Waals surface area contributed by atoms with Crippen molar-refractivity contribution >= 4 is 17.4 Å². The Balaban J connectivity index is 2.02. The van der Waals surface area contributed by atoms with Crippen LogP contribution in [0.4, 0.5) is 11.5 Å². The lowest BCUT2D eigenvalue weighted by Gasteiger charge is -2.14. The van der Waals surface area contributed by atoms with Crippen molar-refractivity contribution in [2.45, 2.75) is 39.7 Å². The average molecular weight is 453 g/mol. The average Bonchev–Trinajstić information content (AvgIpc) is 3.17. The van der Waals surface area contributed by atoms with E-state index < -0.39 is 10.8 Å². The molecule has 2 aromatic carbocycles. The largest absolute Gasteiger partial charge is 0.493 e. The molecule has 3 rings (SSSR count). The number of aromatic nitrogens is 2. The maximum atomic E-state index is 13.2. The molecule has 0 aliphatic carbocycles. The Morgan fingerprint density at radius 3 is 2.42 bits per heavy atom. The summed E-state index contributed by atoms with van der Waals surface area (Å²) in [6.07, 6.45) is 0. The number of carbonyl (C=O) groups is 1. The molecule has 3 aromatic rings. The zero-order valence-electron chi connectivity index (χ0n) is 19.4. The van der Waals surface area contributed by atoms with Crippen LogP contribution in [0.3, 0.4) is 0 Å². The number of nitrogens with one attached hydrogen (secondary N) is 1. The van der Waals surface area contributed by atoms with Gasteiger partial charge in [0.25, 0.3) is 11.6 Å². The van der Waals surface area contributed by atoms with Crippen molar-refractivity contribution in [2.24, 2.45) is 0 Å². The molecule has 1 heterocycles. The molecule has 9 nitrogen and oxygen atoms in total. The number of carbonyl (C=O) groups excluding carboxylic acids is 1. The van der Waals surface area contributed by atoms with Gasteiger partial charge in [-0.2, -0.15) is 5.10 Å². The highest BCUT2D eigenvalue weighted by Crippen LogP contribution is 2.35. The number of ether oxygens (including phenoxy) is 2. The molecule has 0 aliphatic heterocycles. The highest BCUT2D eigenvalue weighted by molar-refractivity contribution is 6.07. The van der Waals surface area contributed by atoms with Gasteiger partial charge in [0.05, 0.1) is 36.9 Å². The molecule has 174 valence electrons. The maximum Gasteiger partial charge on any atom is 0.286 e. The second-order valence-corrected chi connectivity index (χ2v) is 8.47. The Bertz CT molecular complexity index is 1150. The van der Waals surface area contributed by atoms with Crippen molar-refractivity contribution in [3.8, 4) is 11.5 Å². The number of methoxy groups -OCH3 is 1. The second-order valence-electron chi connectivity index (χ2n) is 8.47. The first-order valence-electron chi connectivity index (χ1n) is 10.6. The van der Waals surface area contributed by atoms with Crippen LogP contribution in [0.5, 0.6) is 11.5 Å². The smallest absolute Gasteiger partial charge is 0.286 e. The third-order valence-corrected chi connectivity index (χ3v) is 4.99. The summed E-state index contributed by atoms with van der Waals surface area (Å²) in [5.41, 5.74) is 1.03. The molecule has 0 spiro atoms. The third kappa shape index (κ3) is 5.49. The molecule has 0 saturated heterocycles. The summed E-state index contributed by atoms with van der Waals surface area (Å²) in [7, 11) is 1.39. The summed E-state index contributed by atoms with van der Waals surface area (Å²) in [5, 5.41) is 19.2. The Hall–Kier alpha value is -3.88. The van der Waals surface area contributed by atoms with E-state index in [-0.39, 0.29) is 28.2 Å². The van der Waals surface area contributed by atoms with Gasteiger partial charge >= 0.3 is 0 Å². The van der Waals surface area contributed by atoms with Gasteiger partial charge in [-0.3, -0.25) is 14.9 Å². The first kappa shape index (κ1) is 23.8. The van der Waals surface area contributed by atoms with Gasteiger partial charge in [-0.05, 0) is 12.5 Å². The summed E-state index contributed by atoms with van der Waals surface area (Å²) >= 11 is 0. The normalized spacial score (nSPS) is 11.2. The molecule has 0 bridgehead atoms. The molecule has 1 amide bonds. The summed E-state index contributed by atoms with van der Waals surface area (Å²) < 4.78 is 12.4. The molecule has 1 aromatic heterocycles. The standard InChI is InChI=1S/C24H28N4O5/c1-6-33-20-12-17(18(28(30)31)13-19(20)32-5)23(29)25-22-14-21(24(2,3)4)26-27(22)15-16-10-8-7-9-11-16/h7-14H,6,15H2,1-5H3,(H,25,29). The highest BCUT2D eigenvalue weighted by Gasteiger charge is 2.27. The molecule has 9 heteroatoms. The molecule has 0 radical (unpaired) electrons. The van der Waals surface area contributed by atoms with Crippen molar-refractivity contribution in [1.82, 2.24) is 9.78 Å². The van der Waals surface area contributed by atoms with Gasteiger partial charge in [0.2, 0.25) is 0 Å². The van der Waals surface area contributed by atoms with E-state index in [1.165, 1.54) is 19.2 Å². The number of amides is 1. The SMILES string of the molecule is CCOc1cc(C(=O)Nc2cc(C(C)(C)C)nn2Cc2ccccc2)c([N+](=O)[O-])cc1OC. The van der Waals surface area contributed by atoms with Gasteiger partial charge in [0.1, 0.15) is 11.4 Å². The van der Waals surface area contributed by atoms with Crippen molar-refractivity contribution in [2.75, 3.05) is 19.0 Å². The lowest BCUT2D eigenvalue weighted by Crippen LogP contribution is -2.18. The third-order valence-electron chi connectivity index (χ3n) is 4.99. The fourth-order valence-electron chi connectivity index (χ4n) is 3.25. The summed E-state index contributed by atoms with van der Waals surface area (Å²) in [6.45, 7) is 8.59. The molecular weight excluding hydrogens is 424 g/mol. The van der Waals surface area contributed by atoms with E-state index in [0.717, 1.165) is 11.3 Å². The van der Waals surface area contributed by atoms with Crippen LogP contribution >= 0.6 is 0 Å². The Kier molecular flexibility index (Phi) is 7.01. The van der Waals surface area contributed by atoms with Crippen molar-refractivity contribution in [3.63, 3.8) is 0 Å². The van der Waals surface area contributed by atoms with Gasteiger partial charge in [-0.1, -0.05) is 51.1 Å². The Morgan fingerprint density at radius 2 is 1.85 bits per heavy atom. The van der Waals surface area contributed by atoms with Gasteiger partial charge in [0, 0.05) is 17.5 Å². The number of anilines is 1. The zero-order valence-corrected chi connectivity index (χ0v) is 19.4. The van der Waals surface area contributed by atoms with Crippen LogP contribution in [0.15, 0.2) is 48.5 Å². The minimum Gasteiger partial charge on any atom is -0.493 e. The van der Waals surface area contributed by atoms with Gasteiger partial charge in [-0.15, -0.1) is 0 Å². The quantitative estimate of drug-likeness (QED) is 0.389. The van der Waals surface area contributed by atoms with Crippen LogP contribution in [-0.4, -0.2) is 34.3 Å². The monoisotopic (exact) mass is 452 g/mol. The molecule has 0 fully saturated rings. The number of nitro benzene ring substituents is 1. The molecule has 33 heavy (non-hydrogen) atoms. The van der Waals surface area contributed by atoms with Crippen molar-refractivity contribution in [1.29, 1.82) is 0 Å². The van der Waals surface area contributed by atoms with Crippen LogP contribution < -0.4 is 14.8 Å². The van der Waals surface area contributed by atoms with E-state index in [9.17, 15) is 14.9 Å². The number of benzene rings is 2. The van der Waals surface area contributed by atoms with E-state index >= 15 is 0 Å². The molecule has 0 unspecified atom stereocenters. The zero-order chi connectivity index (χ0) is 24.2. The fourth-order valence-corrected chi connectivity index (χ4v) is 3.25. The number of hydrogen-bond acceptors (Lipinski definition) is 6. The number of rotatable bonds is 8. The Labute approximate surface area is 192 Å². The first-order chi connectivity index (χ1) is 15.6. The maximum absolute atomic E-state index is 13.2. The van der Waals surface area contributed by atoms with Gasteiger partial charge in [-0.25, -0.2) is 4.68 Å². The van der Waals surface area contributed by atoms with Crippen LogP contribution in [0, 0.1) is 10.1 Å². The molecule has 0 atom stereocenters. The van der Waals surface area contributed by atoms with E-state index in [1.807, 2.05) is 51.1 Å². The van der Waals surface area contributed by atoms with Crippen LogP contribution in [-0.2, 0) is 12.0 Å². The molecule has 1 N–H and O–H groups in total. The van der Waals surface area contributed by atoms with E-state index in [4.69, 9.17) is 9.47 Å². The highest BCUT2D eigenvalue weighted by atomic mass is 16.6. The lowest BCUT2D eigenvalue weighted by molar-refractivity contribution is -0.385. The molecular formula is C24H28N4O5.